The number of ether oxygens (including phenoxy) is 1. The van der Waals surface area contributed by atoms with Crippen LogP contribution in [0.3, 0.4) is 0 Å². The molecule has 4 N–H and O–H groups in total. The number of rotatable bonds is 12. The van der Waals surface area contributed by atoms with E-state index < -0.39 is 49.2 Å². The number of unbranched alkanes of at least 4 members (excludes halogenated alkanes) is 2. The summed E-state index contributed by atoms with van der Waals surface area (Å²) in [6, 6.07) is 8.37. The Bertz CT molecular complexity index is 1340. The highest BCUT2D eigenvalue weighted by Gasteiger charge is 2.36. The van der Waals surface area contributed by atoms with Crippen molar-refractivity contribution in [3.8, 4) is 16.3 Å². The molecule has 0 unspecified atom stereocenters. The predicted octanol–water partition coefficient (Wildman–Crippen LogP) is 6.32. The lowest BCUT2D eigenvalue weighted by Gasteiger charge is -2.21. The molecule has 1 aromatic heterocycles. The number of phosphoric ester groups is 1. The Kier molecular flexibility index (Phi) is 10.0. The van der Waals surface area contributed by atoms with E-state index in [2.05, 4.69) is 14.7 Å². The van der Waals surface area contributed by atoms with E-state index in [1.54, 1.807) is 6.07 Å². The van der Waals surface area contributed by atoms with Crippen LogP contribution in [0.4, 0.5) is 26.3 Å². The Morgan fingerprint density at radius 2 is 1.70 bits per heavy atom. The maximum atomic E-state index is 13.8. The first-order chi connectivity index (χ1) is 18.5. The van der Waals surface area contributed by atoms with Gasteiger partial charge in [0.15, 0.2) is 0 Å². The van der Waals surface area contributed by atoms with E-state index in [0.717, 1.165) is 35.6 Å². The van der Waals surface area contributed by atoms with Gasteiger partial charge in [-0.1, -0.05) is 29.5 Å². The third-order valence-corrected chi connectivity index (χ3v) is 7.32. The van der Waals surface area contributed by atoms with Crippen molar-refractivity contribution in [3.05, 3.63) is 64.2 Å². The molecule has 0 aliphatic rings. The van der Waals surface area contributed by atoms with Gasteiger partial charge in [0.1, 0.15) is 15.8 Å². The molecule has 0 aliphatic heterocycles. The second-order valence-electron chi connectivity index (χ2n) is 9.16. The minimum Gasteiger partial charge on any atom is -0.493 e. The number of hydrogen-bond acceptors (Lipinski definition) is 7. The Labute approximate surface area is 229 Å². The van der Waals surface area contributed by atoms with Crippen molar-refractivity contribution >= 4 is 19.2 Å². The standard InChI is InChI=1S/C24H26F6N3O5PS/c1-22(31,14-38-39(34,35)36)21-33-32-20(40-21)16-9-10-19(18(13-16)24(28,29)30)37-11-4-2-3-6-15-7-5-8-17(12-15)23(25,26)27/h5,7-10,12-13H,2-4,6,11,14,31H2,1H3,(H2,34,35,36)/t22-/m0/s1. The third-order valence-electron chi connectivity index (χ3n) is 5.60. The van der Waals surface area contributed by atoms with Gasteiger partial charge in [-0.2, -0.15) is 26.3 Å². The summed E-state index contributed by atoms with van der Waals surface area (Å²) in [7, 11) is -4.80. The van der Waals surface area contributed by atoms with Crippen LogP contribution in [-0.2, 0) is 33.4 Å². The number of alkyl halides is 6. The Hall–Kier alpha value is -2.55. The largest absolute Gasteiger partial charge is 0.493 e. The molecule has 220 valence electrons. The summed E-state index contributed by atoms with van der Waals surface area (Å²) < 4.78 is 101. The van der Waals surface area contributed by atoms with Crippen molar-refractivity contribution in [2.24, 2.45) is 5.73 Å². The zero-order chi connectivity index (χ0) is 29.8. The molecule has 16 heteroatoms. The smallest absolute Gasteiger partial charge is 0.469 e. The molecule has 0 saturated carbocycles. The first-order valence-electron chi connectivity index (χ1n) is 11.8. The number of halogens is 6. The summed E-state index contributed by atoms with van der Waals surface area (Å²) in [5, 5.41) is 7.88. The molecule has 40 heavy (non-hydrogen) atoms. The molecule has 1 atom stereocenters. The number of hydrogen-bond donors (Lipinski definition) is 3. The average Bonchev–Trinajstić information content (AvgIpc) is 3.35. The van der Waals surface area contributed by atoms with E-state index in [1.807, 2.05) is 0 Å². The molecular weight excluding hydrogens is 587 g/mol. The molecule has 0 saturated heterocycles. The highest BCUT2D eigenvalue weighted by Crippen LogP contribution is 2.41. The zero-order valence-corrected chi connectivity index (χ0v) is 22.7. The van der Waals surface area contributed by atoms with Crippen molar-refractivity contribution in [1.29, 1.82) is 0 Å². The Balaban J connectivity index is 1.61. The van der Waals surface area contributed by atoms with Crippen molar-refractivity contribution < 1.29 is 50.0 Å². The number of nitrogens with zero attached hydrogens (tertiary/aromatic N) is 2. The maximum Gasteiger partial charge on any atom is 0.469 e. The van der Waals surface area contributed by atoms with Crippen LogP contribution >= 0.6 is 19.2 Å². The van der Waals surface area contributed by atoms with Crippen molar-refractivity contribution in [2.75, 3.05) is 13.2 Å². The topological polar surface area (TPSA) is 128 Å². The van der Waals surface area contributed by atoms with E-state index >= 15 is 0 Å². The fourth-order valence-electron chi connectivity index (χ4n) is 3.55. The number of aromatic nitrogens is 2. The maximum absolute atomic E-state index is 13.8. The molecule has 0 aliphatic carbocycles. The molecule has 0 fully saturated rings. The summed E-state index contributed by atoms with van der Waals surface area (Å²) in [4.78, 5) is 17.8. The zero-order valence-electron chi connectivity index (χ0n) is 21.0. The molecule has 0 spiro atoms. The molecule has 8 nitrogen and oxygen atoms in total. The van der Waals surface area contributed by atoms with E-state index in [0.29, 0.717) is 31.2 Å². The van der Waals surface area contributed by atoms with Gasteiger partial charge in [-0.05, 0) is 62.4 Å². The van der Waals surface area contributed by atoms with Crippen LogP contribution in [0.1, 0.15) is 47.9 Å². The lowest BCUT2D eigenvalue weighted by Crippen LogP contribution is -2.37. The van der Waals surface area contributed by atoms with Gasteiger partial charge in [-0.25, -0.2) is 4.57 Å². The number of benzene rings is 2. The summed E-state index contributed by atoms with van der Waals surface area (Å²) in [6.07, 6.45) is -7.32. The van der Waals surface area contributed by atoms with Crippen LogP contribution in [0, 0.1) is 0 Å². The molecule has 1 heterocycles. The highest BCUT2D eigenvalue weighted by atomic mass is 32.1. The highest BCUT2D eigenvalue weighted by molar-refractivity contribution is 7.46. The van der Waals surface area contributed by atoms with E-state index in [9.17, 15) is 30.9 Å². The SMILES string of the molecule is C[C@](N)(COP(=O)(O)O)c1nnc(-c2ccc(OCCCCCc3cccc(C(F)(F)F)c3)c(C(F)(F)F)c2)s1. The van der Waals surface area contributed by atoms with Crippen molar-refractivity contribution in [3.63, 3.8) is 0 Å². The van der Waals surface area contributed by atoms with Crippen molar-refractivity contribution in [2.45, 2.75) is 50.5 Å². The lowest BCUT2D eigenvalue weighted by molar-refractivity contribution is -0.139. The minimum atomic E-state index is -4.80. The lowest BCUT2D eigenvalue weighted by atomic mass is 10.0. The van der Waals surface area contributed by atoms with E-state index in [-0.39, 0.29) is 22.2 Å². The summed E-state index contributed by atoms with van der Waals surface area (Å²) in [5.74, 6) is -0.391. The van der Waals surface area contributed by atoms with Crippen LogP contribution in [0.15, 0.2) is 42.5 Å². The van der Waals surface area contributed by atoms with Gasteiger partial charge in [0.25, 0.3) is 0 Å². The third kappa shape index (κ3) is 9.25. The fourth-order valence-corrected chi connectivity index (χ4v) is 4.87. The van der Waals surface area contributed by atoms with Crippen LogP contribution in [-0.4, -0.2) is 33.2 Å². The van der Waals surface area contributed by atoms with Crippen molar-refractivity contribution in [1.82, 2.24) is 10.2 Å². The second-order valence-corrected chi connectivity index (χ2v) is 11.4. The van der Waals surface area contributed by atoms with Gasteiger partial charge < -0.3 is 20.3 Å². The normalized spacial score (nSPS) is 14.2. The summed E-state index contributed by atoms with van der Waals surface area (Å²) in [5.41, 5.74) is 3.37. The number of aryl methyl sites for hydroxylation is 1. The minimum absolute atomic E-state index is 0.0287. The van der Waals surface area contributed by atoms with E-state index in [4.69, 9.17) is 20.3 Å². The molecular formula is C24H26F6N3O5PS. The first kappa shape index (κ1) is 32.0. The Morgan fingerprint density at radius 3 is 2.35 bits per heavy atom. The van der Waals surface area contributed by atoms with Gasteiger partial charge in [0.05, 0.1) is 29.9 Å². The molecule has 2 aromatic carbocycles. The van der Waals surface area contributed by atoms with Crippen LogP contribution in [0.5, 0.6) is 5.75 Å². The fraction of sp³-hybridized carbons (Fsp3) is 0.417. The second kappa shape index (κ2) is 12.5. The summed E-state index contributed by atoms with van der Waals surface area (Å²) in [6.45, 7) is 0.746. The van der Waals surface area contributed by atoms with Gasteiger partial charge in [-0.15, -0.1) is 10.2 Å². The Morgan fingerprint density at radius 1 is 0.975 bits per heavy atom. The van der Waals surface area contributed by atoms with Crippen LogP contribution < -0.4 is 10.5 Å². The van der Waals surface area contributed by atoms with Gasteiger partial charge in [0.2, 0.25) is 0 Å². The van der Waals surface area contributed by atoms with Crippen LogP contribution in [0.2, 0.25) is 0 Å². The van der Waals surface area contributed by atoms with Gasteiger partial charge >= 0.3 is 20.2 Å². The average molecular weight is 614 g/mol. The number of nitrogens with two attached hydrogens (primary N) is 1. The predicted molar refractivity (Wildman–Crippen MR) is 134 cm³/mol. The van der Waals surface area contributed by atoms with Gasteiger partial charge in [-0.3, -0.25) is 4.52 Å². The molecule has 3 aromatic rings. The molecule has 0 radical (unpaired) electrons. The molecule has 0 bridgehead atoms. The van der Waals surface area contributed by atoms with Crippen LogP contribution in [0.25, 0.3) is 10.6 Å². The molecule has 3 rings (SSSR count). The van der Waals surface area contributed by atoms with E-state index in [1.165, 1.54) is 19.1 Å². The summed E-state index contributed by atoms with van der Waals surface area (Å²) >= 11 is 0.845. The first-order valence-corrected chi connectivity index (χ1v) is 14.1. The monoisotopic (exact) mass is 613 g/mol. The molecule has 0 amide bonds. The van der Waals surface area contributed by atoms with Gasteiger partial charge in [0, 0.05) is 5.56 Å². The number of phosphoric acid groups is 1. The quantitative estimate of drug-likeness (QED) is 0.123.